The average molecular weight is 644 g/mol. The Morgan fingerprint density at radius 2 is 1.31 bits per heavy atom. The fraction of sp³-hybridized carbons (Fsp3) is 0.621. The van der Waals surface area contributed by atoms with Crippen LogP contribution in [0.5, 0.6) is 0 Å². The van der Waals surface area contributed by atoms with Gasteiger partial charge >= 0.3 is 30.1 Å². The molecule has 45 heavy (non-hydrogen) atoms. The molecule has 0 atom stereocenters. The van der Waals surface area contributed by atoms with Crippen LogP contribution in [0.25, 0.3) is 0 Å². The third-order valence-electron chi connectivity index (χ3n) is 5.89. The van der Waals surface area contributed by atoms with Gasteiger partial charge in [0.15, 0.2) is 0 Å². The summed E-state index contributed by atoms with van der Waals surface area (Å²) in [6.07, 6.45) is -1.44. The second-order valence-corrected chi connectivity index (χ2v) is 10.8. The first kappa shape index (κ1) is 39.0. The van der Waals surface area contributed by atoms with Crippen LogP contribution in [-0.2, 0) is 51.1 Å². The molecular formula is C29H45N3O13. The summed E-state index contributed by atoms with van der Waals surface area (Å²) < 4.78 is 27.3. The van der Waals surface area contributed by atoms with Crippen LogP contribution in [0.4, 0.5) is 9.59 Å². The quantitative estimate of drug-likeness (QED) is 0.0875. The maximum absolute atomic E-state index is 12.9. The lowest BCUT2D eigenvalue weighted by atomic mass is 9.97. The Kier molecular flexibility index (Phi) is 18.1. The van der Waals surface area contributed by atoms with Gasteiger partial charge in [-0.15, -0.1) is 0 Å². The van der Waals surface area contributed by atoms with Gasteiger partial charge in [0, 0.05) is 13.0 Å². The van der Waals surface area contributed by atoms with Crippen molar-refractivity contribution in [2.75, 3.05) is 52.7 Å². The van der Waals surface area contributed by atoms with Crippen LogP contribution in [0.2, 0.25) is 0 Å². The number of carboxylic acids is 3. The maximum atomic E-state index is 12.9. The van der Waals surface area contributed by atoms with E-state index in [0.717, 1.165) is 5.56 Å². The molecule has 0 heterocycles. The number of aliphatic carboxylic acids is 3. The van der Waals surface area contributed by atoms with Gasteiger partial charge in [-0.1, -0.05) is 24.3 Å². The molecule has 7 N–H and O–H groups in total. The number of hydrogen-bond donors (Lipinski definition) is 6. The standard InChI is InChI=1S/C29H45N3O13/c1-28(2,45-26(39)31-11-4-10-30)16-21-5-3-6-22(15-21)17-44-27(40)32-29(18-41-12-7-23(33)34,19-42-13-8-24(35)36)20-43-14-9-25(37)38/h3,5-6,15H,4,7-14,16-20,30H2,1-2H3,(H,31,39)(H,32,40)(H,33,34)(H,35,36)(H,37,38). The number of benzene rings is 1. The predicted octanol–water partition coefficient (Wildman–Crippen LogP) is 1.52. The molecule has 0 aliphatic heterocycles. The minimum Gasteiger partial charge on any atom is -0.481 e. The van der Waals surface area contributed by atoms with Crippen molar-refractivity contribution in [2.24, 2.45) is 5.73 Å². The number of nitrogens with two attached hydrogens (primary N) is 1. The van der Waals surface area contributed by atoms with Crippen molar-refractivity contribution in [3.8, 4) is 0 Å². The fourth-order valence-electron chi connectivity index (χ4n) is 3.85. The van der Waals surface area contributed by atoms with Crippen LogP contribution in [-0.4, -0.2) is 109 Å². The predicted molar refractivity (Wildman–Crippen MR) is 158 cm³/mol. The number of amides is 2. The molecule has 0 bridgehead atoms. The molecule has 1 rings (SSSR count). The zero-order valence-corrected chi connectivity index (χ0v) is 25.7. The number of ether oxygens (including phenoxy) is 5. The molecule has 0 saturated carbocycles. The lowest BCUT2D eigenvalue weighted by molar-refractivity contribution is -0.139. The van der Waals surface area contributed by atoms with Crippen LogP contribution in [0, 0.1) is 0 Å². The van der Waals surface area contributed by atoms with Gasteiger partial charge in [-0.25, -0.2) is 9.59 Å². The van der Waals surface area contributed by atoms with Gasteiger partial charge in [-0.05, 0) is 37.9 Å². The van der Waals surface area contributed by atoms with Crippen LogP contribution in [0.1, 0.15) is 50.7 Å². The Morgan fingerprint density at radius 1 is 0.800 bits per heavy atom. The zero-order chi connectivity index (χ0) is 33.7. The molecule has 1 aromatic rings. The molecule has 0 aliphatic carbocycles. The lowest BCUT2D eigenvalue weighted by Gasteiger charge is -2.33. The summed E-state index contributed by atoms with van der Waals surface area (Å²) in [5.41, 5.74) is 4.57. The van der Waals surface area contributed by atoms with E-state index in [9.17, 15) is 24.0 Å². The van der Waals surface area contributed by atoms with Crippen molar-refractivity contribution in [1.29, 1.82) is 0 Å². The lowest BCUT2D eigenvalue weighted by Crippen LogP contribution is -2.58. The van der Waals surface area contributed by atoms with Crippen molar-refractivity contribution in [1.82, 2.24) is 10.6 Å². The SMILES string of the molecule is CC(C)(Cc1cccc(COC(=O)NC(COCCC(=O)O)(COCCC(=O)O)COCCC(=O)O)c1)OC(=O)NCCCN. The van der Waals surface area contributed by atoms with E-state index in [1.54, 1.807) is 32.0 Å². The number of rotatable bonds is 24. The van der Waals surface area contributed by atoms with E-state index in [1.165, 1.54) is 0 Å². The van der Waals surface area contributed by atoms with Gasteiger partial charge in [-0.3, -0.25) is 14.4 Å². The summed E-state index contributed by atoms with van der Waals surface area (Å²) in [6, 6.07) is 7.12. The van der Waals surface area contributed by atoms with Gasteiger partial charge in [0.1, 0.15) is 17.7 Å². The third kappa shape index (κ3) is 19.1. The summed E-state index contributed by atoms with van der Waals surface area (Å²) >= 11 is 0. The number of nitrogens with one attached hydrogen (secondary N) is 2. The summed E-state index contributed by atoms with van der Waals surface area (Å²) in [5, 5.41) is 32.0. The molecule has 0 spiro atoms. The number of carbonyl (C=O) groups excluding carboxylic acids is 2. The molecule has 1 aromatic carbocycles. The Morgan fingerprint density at radius 3 is 1.80 bits per heavy atom. The van der Waals surface area contributed by atoms with Crippen LogP contribution in [0.15, 0.2) is 24.3 Å². The molecule has 16 nitrogen and oxygen atoms in total. The van der Waals surface area contributed by atoms with E-state index >= 15 is 0 Å². The molecule has 0 fully saturated rings. The average Bonchev–Trinajstić information content (AvgIpc) is 2.94. The third-order valence-corrected chi connectivity index (χ3v) is 5.89. The molecule has 2 amide bonds. The number of carbonyl (C=O) groups is 5. The zero-order valence-electron chi connectivity index (χ0n) is 25.7. The fourth-order valence-corrected chi connectivity index (χ4v) is 3.85. The van der Waals surface area contributed by atoms with Crippen LogP contribution < -0.4 is 16.4 Å². The van der Waals surface area contributed by atoms with Crippen LogP contribution >= 0.6 is 0 Å². The van der Waals surface area contributed by atoms with Gasteiger partial charge < -0.3 is 55.4 Å². The summed E-state index contributed by atoms with van der Waals surface area (Å²) in [7, 11) is 0. The van der Waals surface area contributed by atoms with Crippen molar-refractivity contribution < 1.29 is 63.0 Å². The van der Waals surface area contributed by atoms with E-state index in [4.69, 9.17) is 44.7 Å². The molecule has 0 aromatic heterocycles. The summed E-state index contributed by atoms with van der Waals surface area (Å²) in [5.74, 6) is -3.32. The molecular weight excluding hydrogens is 598 g/mol. The second kappa shape index (κ2) is 20.9. The Bertz CT molecular complexity index is 1040. The first-order chi connectivity index (χ1) is 21.3. The highest BCUT2D eigenvalue weighted by molar-refractivity contribution is 5.69. The maximum Gasteiger partial charge on any atom is 0.408 e. The van der Waals surface area contributed by atoms with Gasteiger partial charge in [0.25, 0.3) is 0 Å². The van der Waals surface area contributed by atoms with Gasteiger partial charge in [0.05, 0.1) is 58.9 Å². The van der Waals surface area contributed by atoms with Crippen molar-refractivity contribution >= 4 is 30.1 Å². The topological polar surface area (TPSA) is 242 Å². The second-order valence-electron chi connectivity index (χ2n) is 10.8. The first-order valence-electron chi connectivity index (χ1n) is 14.3. The minimum atomic E-state index is -1.47. The molecule has 0 radical (unpaired) electrons. The van der Waals surface area contributed by atoms with E-state index in [-0.39, 0.29) is 65.5 Å². The summed E-state index contributed by atoms with van der Waals surface area (Å²) in [6.45, 7) is 2.68. The van der Waals surface area contributed by atoms with Gasteiger partial charge in [0.2, 0.25) is 0 Å². The monoisotopic (exact) mass is 643 g/mol. The van der Waals surface area contributed by atoms with E-state index in [2.05, 4.69) is 10.6 Å². The highest BCUT2D eigenvalue weighted by Gasteiger charge is 2.35. The normalized spacial score (nSPS) is 11.4. The van der Waals surface area contributed by atoms with E-state index in [0.29, 0.717) is 31.5 Å². The largest absolute Gasteiger partial charge is 0.481 e. The highest BCUT2D eigenvalue weighted by Crippen LogP contribution is 2.19. The molecule has 0 saturated heterocycles. The van der Waals surface area contributed by atoms with Crippen molar-refractivity contribution in [3.05, 3.63) is 35.4 Å². The summed E-state index contributed by atoms with van der Waals surface area (Å²) in [4.78, 5) is 57.7. The molecule has 0 unspecified atom stereocenters. The number of carboxylic acid groups (broad SMARTS) is 3. The smallest absolute Gasteiger partial charge is 0.408 e. The number of alkyl carbamates (subject to hydrolysis) is 2. The number of hydrogen-bond acceptors (Lipinski definition) is 11. The van der Waals surface area contributed by atoms with Gasteiger partial charge in [-0.2, -0.15) is 0 Å². The van der Waals surface area contributed by atoms with E-state index in [1.807, 2.05) is 6.07 Å². The highest BCUT2D eigenvalue weighted by atomic mass is 16.6. The molecule has 16 heteroatoms. The Hall–Kier alpha value is -3.99. The molecule has 254 valence electrons. The van der Waals surface area contributed by atoms with Crippen molar-refractivity contribution in [2.45, 2.75) is 63.7 Å². The van der Waals surface area contributed by atoms with Crippen molar-refractivity contribution in [3.63, 3.8) is 0 Å². The van der Waals surface area contributed by atoms with E-state index < -0.39 is 41.2 Å². The Balaban J connectivity index is 2.93. The Labute approximate surface area is 261 Å². The van der Waals surface area contributed by atoms with Crippen LogP contribution in [0.3, 0.4) is 0 Å². The minimum absolute atomic E-state index is 0.157. The molecule has 0 aliphatic rings. The first-order valence-corrected chi connectivity index (χ1v) is 14.3.